The van der Waals surface area contributed by atoms with E-state index in [9.17, 15) is 24.0 Å². The van der Waals surface area contributed by atoms with E-state index in [0.717, 1.165) is 15.9 Å². The smallest absolute Gasteiger partial charge is 0.331 e. The molecule has 1 unspecified atom stereocenters. The van der Waals surface area contributed by atoms with E-state index >= 15 is 0 Å². The Morgan fingerprint density at radius 3 is 2.64 bits per heavy atom. The number of fused-ring (bicyclic) bond motifs is 1. The summed E-state index contributed by atoms with van der Waals surface area (Å²) in [7, 11) is 2.89. The van der Waals surface area contributed by atoms with Crippen molar-refractivity contribution >= 4 is 39.3 Å². The standard InChI is InChI=1S/C17H20N4O6S/c1-4-27-12(22)8-10-13(23)18-5-6-21(10)15(25)11-7-9-14(24)19(2)17(26)20(3)16(9)28-11/h7,10H,4-6,8H2,1-3H3,(H,18,23). The van der Waals surface area contributed by atoms with Crippen LogP contribution in [0.5, 0.6) is 0 Å². The fraction of sp³-hybridized carbons (Fsp3) is 0.471. The lowest BCUT2D eigenvalue weighted by Gasteiger charge is -2.34. The molecule has 3 heterocycles. The number of esters is 1. The summed E-state index contributed by atoms with van der Waals surface area (Å²) in [6.45, 7) is 2.31. The van der Waals surface area contributed by atoms with E-state index < -0.39 is 35.1 Å². The van der Waals surface area contributed by atoms with Gasteiger partial charge in [-0.05, 0) is 13.0 Å². The van der Waals surface area contributed by atoms with E-state index in [4.69, 9.17) is 4.74 Å². The molecule has 1 aliphatic heterocycles. The van der Waals surface area contributed by atoms with Gasteiger partial charge in [-0.1, -0.05) is 0 Å². The molecule has 0 saturated carbocycles. The Kier molecular flexibility index (Phi) is 5.36. The number of rotatable bonds is 4. The summed E-state index contributed by atoms with van der Waals surface area (Å²) in [6, 6.07) is 0.440. The van der Waals surface area contributed by atoms with Crippen LogP contribution < -0.4 is 16.6 Å². The van der Waals surface area contributed by atoms with Crippen molar-refractivity contribution in [2.45, 2.75) is 19.4 Å². The van der Waals surface area contributed by atoms with Crippen molar-refractivity contribution in [2.24, 2.45) is 14.1 Å². The van der Waals surface area contributed by atoms with Crippen molar-refractivity contribution in [2.75, 3.05) is 19.7 Å². The minimum Gasteiger partial charge on any atom is -0.466 e. The lowest BCUT2D eigenvalue weighted by Crippen LogP contribution is -2.57. The highest BCUT2D eigenvalue weighted by Gasteiger charge is 2.36. The van der Waals surface area contributed by atoms with Crippen molar-refractivity contribution in [1.82, 2.24) is 19.4 Å². The quantitative estimate of drug-likeness (QED) is 0.661. The van der Waals surface area contributed by atoms with Crippen LogP contribution in [0.4, 0.5) is 0 Å². The fourth-order valence-electron chi connectivity index (χ4n) is 3.15. The van der Waals surface area contributed by atoms with Crippen LogP contribution in [0, 0.1) is 0 Å². The second-order valence-electron chi connectivity index (χ2n) is 6.35. The average Bonchev–Trinajstić information content (AvgIpc) is 3.11. The van der Waals surface area contributed by atoms with Crippen LogP contribution in [0.15, 0.2) is 15.7 Å². The lowest BCUT2D eigenvalue weighted by molar-refractivity contribution is -0.147. The van der Waals surface area contributed by atoms with Crippen molar-refractivity contribution in [3.05, 3.63) is 31.8 Å². The highest BCUT2D eigenvalue weighted by atomic mass is 32.1. The van der Waals surface area contributed by atoms with Gasteiger partial charge >= 0.3 is 11.7 Å². The molecule has 1 atom stereocenters. The highest BCUT2D eigenvalue weighted by Crippen LogP contribution is 2.25. The van der Waals surface area contributed by atoms with Gasteiger partial charge < -0.3 is 15.0 Å². The van der Waals surface area contributed by atoms with Crippen LogP contribution in [0.3, 0.4) is 0 Å². The van der Waals surface area contributed by atoms with Gasteiger partial charge in [0.05, 0.1) is 23.3 Å². The van der Waals surface area contributed by atoms with Crippen molar-refractivity contribution in [1.29, 1.82) is 0 Å². The second-order valence-corrected chi connectivity index (χ2v) is 7.38. The van der Waals surface area contributed by atoms with Gasteiger partial charge in [0, 0.05) is 27.2 Å². The van der Waals surface area contributed by atoms with Gasteiger partial charge in [-0.15, -0.1) is 11.3 Å². The largest absolute Gasteiger partial charge is 0.466 e. The van der Waals surface area contributed by atoms with Gasteiger partial charge in [0.25, 0.3) is 11.5 Å². The van der Waals surface area contributed by atoms with E-state index in [1.807, 2.05) is 0 Å². The molecular weight excluding hydrogens is 388 g/mol. The summed E-state index contributed by atoms with van der Waals surface area (Å²) in [5, 5.41) is 2.89. The Morgan fingerprint density at radius 2 is 1.96 bits per heavy atom. The predicted octanol–water partition coefficient (Wildman–Crippen LogP) is -0.807. The number of aryl methyl sites for hydroxylation is 1. The SMILES string of the molecule is CCOC(=O)CC1C(=O)NCCN1C(=O)c1cc2c(=O)n(C)c(=O)n(C)c2s1. The van der Waals surface area contributed by atoms with Crippen LogP contribution in [0.1, 0.15) is 23.0 Å². The normalized spacial score (nSPS) is 16.9. The van der Waals surface area contributed by atoms with Crippen molar-refractivity contribution < 1.29 is 19.1 Å². The monoisotopic (exact) mass is 408 g/mol. The molecule has 1 N–H and O–H groups in total. The number of aromatic nitrogens is 2. The number of carbonyl (C=O) groups is 3. The van der Waals surface area contributed by atoms with Gasteiger partial charge in [-0.3, -0.25) is 28.3 Å². The summed E-state index contributed by atoms with van der Waals surface area (Å²) in [4.78, 5) is 63.5. The highest BCUT2D eigenvalue weighted by molar-refractivity contribution is 7.20. The maximum atomic E-state index is 13.1. The lowest BCUT2D eigenvalue weighted by atomic mass is 10.1. The van der Waals surface area contributed by atoms with Crippen molar-refractivity contribution in [3.63, 3.8) is 0 Å². The van der Waals surface area contributed by atoms with Crippen LogP contribution in [0.2, 0.25) is 0 Å². The molecule has 150 valence electrons. The Bertz CT molecular complexity index is 1080. The first kappa shape index (κ1) is 19.8. The first-order valence-electron chi connectivity index (χ1n) is 8.70. The molecular formula is C17H20N4O6S. The fourth-order valence-corrected chi connectivity index (χ4v) is 4.21. The van der Waals surface area contributed by atoms with Crippen LogP contribution in [-0.2, 0) is 28.4 Å². The second kappa shape index (κ2) is 7.58. The van der Waals surface area contributed by atoms with Gasteiger partial charge in [0.1, 0.15) is 10.9 Å². The summed E-state index contributed by atoms with van der Waals surface area (Å²) in [6.07, 6.45) is -0.253. The molecule has 3 rings (SSSR count). The zero-order chi connectivity index (χ0) is 20.6. The number of amides is 2. The van der Waals surface area contributed by atoms with E-state index in [0.29, 0.717) is 4.83 Å². The number of piperazine rings is 1. The minimum atomic E-state index is -0.989. The van der Waals surface area contributed by atoms with Crippen LogP contribution >= 0.6 is 11.3 Å². The van der Waals surface area contributed by atoms with Gasteiger partial charge in [-0.25, -0.2) is 4.79 Å². The van der Waals surface area contributed by atoms with E-state index in [-0.39, 0.29) is 36.4 Å². The zero-order valence-corrected chi connectivity index (χ0v) is 16.5. The molecule has 1 saturated heterocycles. The molecule has 2 aromatic heterocycles. The van der Waals surface area contributed by atoms with E-state index in [2.05, 4.69) is 5.32 Å². The summed E-state index contributed by atoms with van der Waals surface area (Å²) < 4.78 is 7.17. The van der Waals surface area contributed by atoms with Crippen LogP contribution in [0.25, 0.3) is 10.2 Å². The maximum Gasteiger partial charge on any atom is 0.331 e. The molecule has 2 amide bonds. The number of hydrogen-bond acceptors (Lipinski definition) is 7. The first-order valence-corrected chi connectivity index (χ1v) is 9.51. The Labute approximate surface area is 163 Å². The van der Waals surface area contributed by atoms with Gasteiger partial charge in [-0.2, -0.15) is 0 Å². The van der Waals surface area contributed by atoms with Crippen molar-refractivity contribution in [3.8, 4) is 0 Å². The Morgan fingerprint density at radius 1 is 1.25 bits per heavy atom. The van der Waals surface area contributed by atoms with Gasteiger partial charge in [0.15, 0.2) is 0 Å². The predicted molar refractivity (Wildman–Crippen MR) is 101 cm³/mol. The molecule has 2 aromatic rings. The number of hydrogen-bond donors (Lipinski definition) is 1. The number of carbonyl (C=O) groups excluding carboxylic acids is 3. The number of ether oxygens (including phenoxy) is 1. The molecule has 1 aliphatic rings. The minimum absolute atomic E-state index is 0.175. The molecule has 0 radical (unpaired) electrons. The first-order chi connectivity index (χ1) is 13.3. The number of nitrogens with one attached hydrogen (secondary N) is 1. The third-order valence-electron chi connectivity index (χ3n) is 4.59. The molecule has 0 spiro atoms. The molecule has 0 bridgehead atoms. The third kappa shape index (κ3) is 3.33. The summed E-state index contributed by atoms with van der Waals surface area (Å²) >= 11 is 1.01. The van der Waals surface area contributed by atoms with Crippen LogP contribution in [-0.4, -0.2) is 57.6 Å². The molecule has 28 heavy (non-hydrogen) atoms. The molecule has 1 fully saturated rings. The summed E-state index contributed by atoms with van der Waals surface area (Å²) in [5.74, 6) is -1.48. The summed E-state index contributed by atoms with van der Waals surface area (Å²) in [5.41, 5.74) is -0.983. The number of thiophene rings is 1. The zero-order valence-electron chi connectivity index (χ0n) is 15.7. The van der Waals surface area contributed by atoms with E-state index in [1.54, 1.807) is 6.92 Å². The third-order valence-corrected chi connectivity index (χ3v) is 5.79. The molecule has 11 heteroatoms. The number of nitrogens with zero attached hydrogens (tertiary/aromatic N) is 3. The Hall–Kier alpha value is -2.95. The van der Waals surface area contributed by atoms with Gasteiger partial charge in [0.2, 0.25) is 5.91 Å². The molecule has 0 aliphatic carbocycles. The average molecular weight is 408 g/mol. The molecule has 10 nitrogen and oxygen atoms in total. The molecule has 0 aromatic carbocycles. The maximum absolute atomic E-state index is 13.1. The Balaban J connectivity index is 2.00. The van der Waals surface area contributed by atoms with E-state index in [1.165, 1.54) is 29.6 Å². The topological polar surface area (TPSA) is 120 Å².